The monoisotopic (exact) mass is 352 g/mol. The van der Waals surface area contributed by atoms with Gasteiger partial charge in [-0.15, -0.1) is 0 Å². The van der Waals surface area contributed by atoms with Gasteiger partial charge in [0.1, 0.15) is 6.10 Å². The van der Waals surface area contributed by atoms with E-state index < -0.39 is 0 Å². The maximum Gasteiger partial charge on any atom is 0.302 e. The summed E-state index contributed by atoms with van der Waals surface area (Å²) in [6.07, 6.45) is 1.86. The summed E-state index contributed by atoms with van der Waals surface area (Å²) in [5.41, 5.74) is 3.26. The second-order valence-electron chi connectivity index (χ2n) is 8.81. The Labute approximate surface area is 153 Å². The Hall–Kier alpha value is -1.72. The molecule has 26 heavy (non-hydrogen) atoms. The first-order valence-corrected chi connectivity index (χ1v) is 9.82. The number of fused-ring (bicyclic) bond motifs is 2. The maximum absolute atomic E-state index is 12.1. The van der Waals surface area contributed by atoms with Gasteiger partial charge in [-0.25, -0.2) is 0 Å². The number of para-hydroxylation sites is 1. The van der Waals surface area contributed by atoms with Crippen LogP contribution in [0.3, 0.4) is 0 Å². The minimum Gasteiger partial charge on any atom is -0.461 e. The Morgan fingerprint density at radius 2 is 2.23 bits per heavy atom. The highest BCUT2D eigenvalue weighted by Crippen LogP contribution is 2.67. The number of carbonyl (C=O) groups is 1. The molecule has 7 rings (SSSR count). The molecule has 5 bridgehead atoms. The topological polar surface area (TPSA) is 62.1 Å². The number of benzene rings is 1. The fourth-order valence-electron chi connectivity index (χ4n) is 7.42. The van der Waals surface area contributed by atoms with Crippen molar-refractivity contribution in [3.05, 3.63) is 29.8 Å². The number of hydrogen-bond donors (Lipinski definition) is 1. The zero-order chi connectivity index (χ0) is 17.8. The normalized spacial score (nSPS) is 49.0. The Balaban J connectivity index is 1.60. The van der Waals surface area contributed by atoms with E-state index in [9.17, 15) is 9.90 Å². The minimum atomic E-state index is -0.252. The van der Waals surface area contributed by atoms with Crippen LogP contribution in [0.15, 0.2) is 29.3 Å². The van der Waals surface area contributed by atoms with Crippen LogP contribution in [0.25, 0.3) is 0 Å². The summed E-state index contributed by atoms with van der Waals surface area (Å²) in [4.78, 5) is 19.8. The number of aliphatic imine (C=N–C) groups is 1. The molecule has 0 radical (unpaired) electrons. The molecule has 5 heteroatoms. The van der Waals surface area contributed by atoms with Crippen LogP contribution in [0.4, 0.5) is 5.69 Å². The largest absolute Gasteiger partial charge is 0.461 e. The molecule has 0 amide bonds. The van der Waals surface area contributed by atoms with Gasteiger partial charge in [-0.05, 0) is 37.3 Å². The van der Waals surface area contributed by atoms with E-state index in [-0.39, 0.29) is 30.0 Å². The van der Waals surface area contributed by atoms with Crippen molar-refractivity contribution in [2.24, 2.45) is 22.7 Å². The summed E-state index contributed by atoms with van der Waals surface area (Å²) in [6.45, 7) is 3.99. The van der Waals surface area contributed by atoms with E-state index in [1.54, 1.807) is 0 Å². The van der Waals surface area contributed by atoms with Crippen molar-refractivity contribution in [2.45, 2.75) is 56.3 Å². The van der Waals surface area contributed by atoms with Gasteiger partial charge in [0, 0.05) is 37.5 Å². The molecule has 9 atom stereocenters. The van der Waals surface area contributed by atoms with Crippen LogP contribution in [0.1, 0.15) is 32.3 Å². The lowest BCUT2D eigenvalue weighted by molar-refractivity contribution is -0.160. The van der Waals surface area contributed by atoms with E-state index in [1.165, 1.54) is 18.2 Å². The molecule has 0 aromatic heterocycles. The van der Waals surface area contributed by atoms with Gasteiger partial charge in [-0.2, -0.15) is 0 Å². The van der Waals surface area contributed by atoms with Gasteiger partial charge >= 0.3 is 5.97 Å². The van der Waals surface area contributed by atoms with Crippen LogP contribution in [0.5, 0.6) is 0 Å². The molecule has 1 N–H and O–H groups in total. The number of hydrogen-bond acceptors (Lipinski definition) is 5. The summed E-state index contributed by atoms with van der Waals surface area (Å²) < 4.78 is 6.07. The van der Waals surface area contributed by atoms with Crippen molar-refractivity contribution in [1.82, 2.24) is 4.90 Å². The van der Waals surface area contributed by atoms with Crippen molar-refractivity contribution in [1.29, 1.82) is 0 Å². The average Bonchev–Trinajstić information content (AvgIpc) is 3.08. The molecule has 136 valence electrons. The van der Waals surface area contributed by atoms with Crippen LogP contribution >= 0.6 is 0 Å². The first-order chi connectivity index (χ1) is 12.6. The molecule has 1 aliphatic carbocycles. The van der Waals surface area contributed by atoms with Crippen LogP contribution in [-0.2, 0) is 14.9 Å². The second kappa shape index (κ2) is 4.76. The molecule has 1 spiro atoms. The summed E-state index contributed by atoms with van der Waals surface area (Å²) in [5.74, 6) is 0.750. The highest BCUT2D eigenvalue weighted by molar-refractivity contribution is 6.08. The molecule has 1 aromatic rings. The first-order valence-electron chi connectivity index (χ1n) is 9.82. The fraction of sp³-hybridized carbons (Fsp3) is 0.619. The molecule has 5 fully saturated rings. The lowest BCUT2D eigenvalue weighted by atomic mass is 9.62. The second-order valence-corrected chi connectivity index (χ2v) is 8.81. The molecule has 5 aliphatic heterocycles. The molecule has 6 aliphatic rings. The lowest BCUT2D eigenvalue weighted by Gasteiger charge is -2.61. The van der Waals surface area contributed by atoms with Crippen molar-refractivity contribution in [3.63, 3.8) is 0 Å². The predicted octanol–water partition coefficient (Wildman–Crippen LogP) is 2.05. The van der Waals surface area contributed by atoms with Gasteiger partial charge in [0.15, 0.2) is 0 Å². The third kappa shape index (κ3) is 1.49. The summed E-state index contributed by atoms with van der Waals surface area (Å²) in [5, 5.41) is 10.1. The Morgan fingerprint density at radius 1 is 1.42 bits per heavy atom. The van der Waals surface area contributed by atoms with E-state index in [4.69, 9.17) is 9.73 Å². The van der Waals surface area contributed by atoms with E-state index >= 15 is 0 Å². The highest BCUT2D eigenvalue weighted by Gasteiger charge is 2.75. The number of nitrogens with zero attached hydrogens (tertiary/aromatic N) is 2. The Morgan fingerprint density at radius 3 is 3.00 bits per heavy atom. The number of aliphatic hydroxyl groups excluding tert-OH is 1. The fourth-order valence-corrected chi connectivity index (χ4v) is 7.42. The van der Waals surface area contributed by atoms with Gasteiger partial charge in [-0.1, -0.05) is 18.2 Å². The molecule has 4 saturated heterocycles. The van der Waals surface area contributed by atoms with E-state index in [0.717, 1.165) is 18.5 Å². The van der Waals surface area contributed by atoms with Crippen molar-refractivity contribution in [3.8, 4) is 0 Å². The van der Waals surface area contributed by atoms with E-state index in [2.05, 4.69) is 30.0 Å². The smallest absolute Gasteiger partial charge is 0.302 e. The van der Waals surface area contributed by atoms with Crippen molar-refractivity contribution in [2.75, 3.05) is 6.61 Å². The Kier molecular flexibility index (Phi) is 2.81. The standard InChI is InChI=1S/C21H24N2O3/c1-10-13(9-24)12-7-16-19-21(14-5-3-4-6-15(14)22-19)8-17(23(10)16)18(12)20(21)26-11(2)25/h3-6,10,12-13,16-18,20,24H,7-9H2,1-2H3/t10-,12?,13-,16-,17-,18?,20?,21+/m0/s1. The van der Waals surface area contributed by atoms with Gasteiger partial charge < -0.3 is 9.84 Å². The third-order valence-electron chi connectivity index (χ3n) is 8.09. The van der Waals surface area contributed by atoms with Gasteiger partial charge in [0.25, 0.3) is 0 Å². The van der Waals surface area contributed by atoms with Gasteiger partial charge in [0.05, 0.1) is 22.9 Å². The number of carbonyl (C=O) groups excluding carboxylic acids is 1. The quantitative estimate of drug-likeness (QED) is 0.828. The number of esters is 1. The molecule has 5 heterocycles. The number of aliphatic hydroxyl groups is 1. The highest BCUT2D eigenvalue weighted by atomic mass is 16.5. The van der Waals surface area contributed by atoms with Crippen molar-refractivity contribution >= 4 is 17.4 Å². The SMILES string of the molecule is CC(=O)OC1C2C3C[C@H]4C5=Nc6ccccc6[C@]51C[C@@H]2N4[C@@H](C)[C@@H]3CO. The number of ether oxygens (including phenoxy) is 1. The molecule has 1 saturated carbocycles. The third-order valence-corrected chi connectivity index (χ3v) is 8.09. The zero-order valence-electron chi connectivity index (χ0n) is 15.1. The summed E-state index contributed by atoms with van der Waals surface area (Å²) in [7, 11) is 0. The van der Waals surface area contributed by atoms with Gasteiger partial charge in [0.2, 0.25) is 0 Å². The maximum atomic E-state index is 12.1. The van der Waals surface area contributed by atoms with Crippen LogP contribution < -0.4 is 0 Å². The summed E-state index contributed by atoms with van der Waals surface area (Å²) >= 11 is 0. The van der Waals surface area contributed by atoms with Crippen LogP contribution in [-0.4, -0.2) is 52.5 Å². The lowest BCUT2D eigenvalue weighted by Crippen LogP contribution is -2.70. The van der Waals surface area contributed by atoms with Crippen molar-refractivity contribution < 1.29 is 14.6 Å². The minimum absolute atomic E-state index is 0.158. The first kappa shape index (κ1) is 15.3. The number of rotatable bonds is 2. The van der Waals surface area contributed by atoms with E-state index in [0.29, 0.717) is 30.0 Å². The summed E-state index contributed by atoms with van der Waals surface area (Å²) in [6, 6.07) is 9.49. The molecule has 1 aromatic carbocycles. The predicted molar refractivity (Wildman–Crippen MR) is 96.4 cm³/mol. The van der Waals surface area contributed by atoms with Crippen LogP contribution in [0, 0.1) is 17.8 Å². The molecule has 4 unspecified atom stereocenters. The Bertz CT molecular complexity index is 851. The van der Waals surface area contributed by atoms with Crippen LogP contribution in [0.2, 0.25) is 0 Å². The zero-order valence-corrected chi connectivity index (χ0v) is 15.1. The molecular formula is C21H24N2O3. The number of piperidine rings is 4. The van der Waals surface area contributed by atoms with Gasteiger partial charge in [-0.3, -0.25) is 14.7 Å². The average molecular weight is 352 g/mol. The molecular weight excluding hydrogens is 328 g/mol. The van der Waals surface area contributed by atoms with E-state index in [1.807, 2.05) is 6.07 Å². The molecule has 5 nitrogen and oxygen atoms in total.